The highest BCUT2D eigenvalue weighted by atomic mass is 16.6. The average Bonchev–Trinajstić information content (AvgIpc) is 2.68. The molecule has 27 heavy (non-hydrogen) atoms. The van der Waals surface area contributed by atoms with Crippen molar-refractivity contribution in [1.29, 1.82) is 0 Å². The monoisotopic (exact) mass is 379 g/mol. The predicted molar refractivity (Wildman–Crippen MR) is 106 cm³/mol. The molecule has 0 fully saturated rings. The number of nitrogens with zero attached hydrogens (tertiary/aromatic N) is 1. The predicted octanol–water partition coefficient (Wildman–Crippen LogP) is 5.83. The van der Waals surface area contributed by atoms with Crippen LogP contribution in [0.15, 0.2) is 24.3 Å². The Labute approximate surface area is 162 Å². The standard InChI is InChI=1S/C21H33NO5/c1-3-4-5-6-7-8-9-10-11-12-13-20(21(23)26-2)27-19-16-14-18(15-17-19)22(24)25/h14-17,20H,3-13H2,1-2H3. The number of nitro benzene ring substituents is 1. The van der Waals surface area contributed by atoms with Crippen LogP contribution in [0, 0.1) is 10.1 Å². The minimum absolute atomic E-state index is 0.00772. The Morgan fingerprint density at radius 1 is 0.963 bits per heavy atom. The van der Waals surface area contributed by atoms with Gasteiger partial charge in [-0.05, 0) is 25.0 Å². The van der Waals surface area contributed by atoms with Crippen molar-refractivity contribution in [2.45, 2.75) is 83.7 Å². The molecule has 0 spiro atoms. The molecule has 0 saturated heterocycles. The zero-order valence-electron chi connectivity index (χ0n) is 16.7. The molecule has 0 heterocycles. The van der Waals surface area contributed by atoms with Crippen molar-refractivity contribution in [2.75, 3.05) is 7.11 Å². The van der Waals surface area contributed by atoms with Gasteiger partial charge in [0.1, 0.15) is 5.75 Å². The highest BCUT2D eigenvalue weighted by Gasteiger charge is 2.21. The summed E-state index contributed by atoms with van der Waals surface area (Å²) in [4.78, 5) is 22.2. The number of methoxy groups -OCH3 is 1. The maximum atomic E-state index is 11.9. The molecule has 1 aromatic rings. The molecule has 0 aromatic heterocycles. The summed E-state index contributed by atoms with van der Waals surface area (Å²) in [5, 5.41) is 10.7. The first-order valence-electron chi connectivity index (χ1n) is 10.1. The van der Waals surface area contributed by atoms with Gasteiger partial charge in [0.25, 0.3) is 5.69 Å². The third kappa shape index (κ3) is 9.97. The largest absolute Gasteiger partial charge is 0.479 e. The summed E-state index contributed by atoms with van der Waals surface area (Å²) in [6, 6.07) is 5.74. The quantitative estimate of drug-likeness (QED) is 0.166. The maximum Gasteiger partial charge on any atom is 0.347 e. The van der Waals surface area contributed by atoms with Crippen LogP contribution < -0.4 is 4.74 Å². The first-order valence-corrected chi connectivity index (χ1v) is 10.1. The Morgan fingerprint density at radius 3 is 1.96 bits per heavy atom. The Morgan fingerprint density at radius 2 is 1.48 bits per heavy atom. The van der Waals surface area contributed by atoms with Crippen molar-refractivity contribution in [3.63, 3.8) is 0 Å². The van der Waals surface area contributed by atoms with E-state index in [1.165, 1.54) is 82.7 Å². The number of non-ortho nitro benzene ring substituents is 1. The van der Waals surface area contributed by atoms with Gasteiger partial charge in [0.15, 0.2) is 6.10 Å². The molecule has 0 amide bonds. The highest BCUT2D eigenvalue weighted by molar-refractivity contribution is 5.74. The third-order valence-corrected chi connectivity index (χ3v) is 4.61. The van der Waals surface area contributed by atoms with Crippen molar-refractivity contribution < 1.29 is 19.2 Å². The average molecular weight is 379 g/mol. The topological polar surface area (TPSA) is 78.7 Å². The molecule has 1 unspecified atom stereocenters. The summed E-state index contributed by atoms with van der Waals surface area (Å²) in [5.41, 5.74) is -0.00772. The van der Waals surface area contributed by atoms with E-state index in [1.807, 2.05) is 0 Å². The second-order valence-corrected chi connectivity index (χ2v) is 6.85. The summed E-state index contributed by atoms with van der Waals surface area (Å²) < 4.78 is 10.5. The number of esters is 1. The Hall–Kier alpha value is -2.11. The molecule has 0 aliphatic rings. The second kappa shape index (κ2) is 14.0. The molecule has 6 nitrogen and oxygen atoms in total. The van der Waals surface area contributed by atoms with Crippen LogP contribution in [0.1, 0.15) is 77.6 Å². The SMILES string of the molecule is CCCCCCCCCCCCC(Oc1ccc([N+](=O)[O-])cc1)C(=O)OC. The lowest BCUT2D eigenvalue weighted by Gasteiger charge is -2.16. The minimum atomic E-state index is -0.675. The van der Waals surface area contributed by atoms with E-state index < -0.39 is 17.0 Å². The van der Waals surface area contributed by atoms with E-state index in [-0.39, 0.29) is 5.69 Å². The lowest BCUT2D eigenvalue weighted by Crippen LogP contribution is -2.28. The smallest absolute Gasteiger partial charge is 0.347 e. The number of hydrogen-bond donors (Lipinski definition) is 0. The zero-order valence-corrected chi connectivity index (χ0v) is 16.7. The van der Waals surface area contributed by atoms with Crippen LogP contribution in [-0.2, 0) is 9.53 Å². The van der Waals surface area contributed by atoms with Crippen molar-refractivity contribution in [1.82, 2.24) is 0 Å². The van der Waals surface area contributed by atoms with Gasteiger partial charge in [-0.1, -0.05) is 64.7 Å². The fraction of sp³-hybridized carbons (Fsp3) is 0.667. The third-order valence-electron chi connectivity index (χ3n) is 4.61. The van der Waals surface area contributed by atoms with Gasteiger partial charge in [-0.25, -0.2) is 4.79 Å². The normalized spacial score (nSPS) is 11.8. The number of hydrogen-bond acceptors (Lipinski definition) is 5. The molecule has 1 atom stereocenters. The van der Waals surface area contributed by atoms with Gasteiger partial charge in [0.2, 0.25) is 0 Å². The van der Waals surface area contributed by atoms with E-state index in [0.717, 1.165) is 12.8 Å². The molecular formula is C21H33NO5. The molecule has 152 valence electrons. The van der Waals surface area contributed by atoms with Gasteiger partial charge >= 0.3 is 5.97 Å². The highest BCUT2D eigenvalue weighted by Crippen LogP contribution is 2.21. The number of carbonyl (C=O) groups excluding carboxylic acids is 1. The molecule has 0 aliphatic carbocycles. The Bertz CT molecular complexity index is 544. The fourth-order valence-electron chi connectivity index (χ4n) is 2.98. The summed E-state index contributed by atoms with van der Waals surface area (Å²) in [6.07, 6.45) is 12.2. The number of carbonyl (C=O) groups is 1. The van der Waals surface area contributed by atoms with Crippen LogP contribution in [0.5, 0.6) is 5.75 Å². The molecule has 6 heteroatoms. The number of ether oxygens (including phenoxy) is 2. The van der Waals surface area contributed by atoms with Crippen molar-refractivity contribution in [3.05, 3.63) is 34.4 Å². The van der Waals surface area contributed by atoms with E-state index >= 15 is 0 Å². The zero-order chi connectivity index (χ0) is 19.9. The molecular weight excluding hydrogens is 346 g/mol. The number of rotatable bonds is 15. The molecule has 1 aromatic carbocycles. The Balaban J connectivity index is 2.28. The summed E-state index contributed by atoms with van der Waals surface area (Å²) in [5.74, 6) is 0.0207. The first-order chi connectivity index (χ1) is 13.1. The minimum Gasteiger partial charge on any atom is -0.479 e. The molecule has 1 rings (SSSR count). The van der Waals surface area contributed by atoms with Crippen molar-refractivity contribution >= 4 is 11.7 Å². The lowest BCUT2D eigenvalue weighted by atomic mass is 10.0. The van der Waals surface area contributed by atoms with E-state index in [1.54, 1.807) is 0 Å². The lowest BCUT2D eigenvalue weighted by molar-refractivity contribution is -0.384. The van der Waals surface area contributed by atoms with Crippen LogP contribution in [-0.4, -0.2) is 24.1 Å². The molecule has 0 bridgehead atoms. The van der Waals surface area contributed by atoms with Crippen molar-refractivity contribution in [2.24, 2.45) is 0 Å². The van der Waals surface area contributed by atoms with Gasteiger partial charge in [-0.15, -0.1) is 0 Å². The van der Waals surface area contributed by atoms with E-state index in [0.29, 0.717) is 12.2 Å². The van der Waals surface area contributed by atoms with Crippen LogP contribution >= 0.6 is 0 Å². The summed E-state index contributed by atoms with van der Waals surface area (Å²) in [6.45, 7) is 2.23. The van der Waals surface area contributed by atoms with Gasteiger partial charge in [0, 0.05) is 12.1 Å². The van der Waals surface area contributed by atoms with Crippen LogP contribution in [0.4, 0.5) is 5.69 Å². The molecule has 0 saturated carbocycles. The van der Waals surface area contributed by atoms with Crippen LogP contribution in [0.25, 0.3) is 0 Å². The van der Waals surface area contributed by atoms with E-state index in [9.17, 15) is 14.9 Å². The molecule has 0 N–H and O–H groups in total. The molecule has 0 radical (unpaired) electrons. The number of unbranched alkanes of at least 4 members (excludes halogenated alkanes) is 9. The van der Waals surface area contributed by atoms with Crippen LogP contribution in [0.3, 0.4) is 0 Å². The van der Waals surface area contributed by atoms with Gasteiger partial charge in [-0.2, -0.15) is 0 Å². The van der Waals surface area contributed by atoms with Gasteiger partial charge < -0.3 is 9.47 Å². The summed E-state index contributed by atoms with van der Waals surface area (Å²) >= 11 is 0. The first kappa shape index (κ1) is 22.9. The summed E-state index contributed by atoms with van der Waals surface area (Å²) in [7, 11) is 1.34. The molecule has 0 aliphatic heterocycles. The van der Waals surface area contributed by atoms with Gasteiger partial charge in [0.05, 0.1) is 12.0 Å². The maximum absolute atomic E-state index is 11.9. The number of benzene rings is 1. The number of nitro groups is 1. The second-order valence-electron chi connectivity index (χ2n) is 6.85. The van der Waals surface area contributed by atoms with Crippen LogP contribution in [0.2, 0.25) is 0 Å². The Kier molecular flexibility index (Phi) is 11.9. The van der Waals surface area contributed by atoms with E-state index in [2.05, 4.69) is 6.92 Å². The van der Waals surface area contributed by atoms with Gasteiger partial charge in [-0.3, -0.25) is 10.1 Å². The van der Waals surface area contributed by atoms with E-state index in [4.69, 9.17) is 9.47 Å². The fourth-order valence-corrected chi connectivity index (χ4v) is 2.98. The van der Waals surface area contributed by atoms with Crippen molar-refractivity contribution in [3.8, 4) is 5.75 Å².